The molecule has 1 aliphatic heterocycles. The van der Waals surface area contributed by atoms with Crippen LogP contribution >= 0.6 is 0 Å². The van der Waals surface area contributed by atoms with Gasteiger partial charge in [0.05, 0.1) is 12.5 Å². The van der Waals surface area contributed by atoms with Gasteiger partial charge in [0.2, 0.25) is 5.91 Å². The zero-order valence-corrected chi connectivity index (χ0v) is 15.6. The third kappa shape index (κ3) is 4.06. The molecule has 0 spiro atoms. The standard InChI is InChI=1S/C21H20N4O4/c26-19-13-24(21(27)28)9-10-25(19)20-17(16-8-11-29-14-16)6-7-18(23-20)22-12-15-4-2-1-3-5-15/h1-8,11,14H,9-10,12-13H2,(H,22,23)(H,27,28). The van der Waals surface area contributed by atoms with Gasteiger partial charge in [0.15, 0.2) is 0 Å². The molecule has 1 saturated heterocycles. The van der Waals surface area contributed by atoms with E-state index in [-0.39, 0.29) is 25.5 Å². The first-order valence-electron chi connectivity index (χ1n) is 9.21. The van der Waals surface area contributed by atoms with Crippen LogP contribution in [0.25, 0.3) is 11.1 Å². The molecule has 1 aromatic carbocycles. The van der Waals surface area contributed by atoms with E-state index in [2.05, 4.69) is 10.3 Å². The van der Waals surface area contributed by atoms with E-state index in [4.69, 9.17) is 9.52 Å². The highest BCUT2D eigenvalue weighted by atomic mass is 16.4. The molecular formula is C21H20N4O4. The van der Waals surface area contributed by atoms with Gasteiger partial charge in [-0.3, -0.25) is 14.6 Å². The van der Waals surface area contributed by atoms with Crippen LogP contribution in [0.15, 0.2) is 65.5 Å². The highest BCUT2D eigenvalue weighted by molar-refractivity contribution is 5.99. The molecule has 8 heteroatoms. The molecule has 148 valence electrons. The fraction of sp³-hybridized carbons (Fsp3) is 0.190. The third-order valence-electron chi connectivity index (χ3n) is 4.77. The SMILES string of the molecule is O=C(O)N1CCN(c2nc(NCc3ccccc3)ccc2-c2ccoc2)C(=O)C1. The van der Waals surface area contributed by atoms with Crippen molar-refractivity contribution in [2.75, 3.05) is 29.9 Å². The molecule has 29 heavy (non-hydrogen) atoms. The average Bonchev–Trinajstić information content (AvgIpc) is 3.27. The van der Waals surface area contributed by atoms with Crippen LogP contribution in [0.4, 0.5) is 16.4 Å². The summed E-state index contributed by atoms with van der Waals surface area (Å²) in [6.07, 6.45) is 2.06. The number of nitrogens with one attached hydrogen (secondary N) is 1. The molecular weight excluding hydrogens is 372 g/mol. The Morgan fingerprint density at radius 1 is 1.14 bits per heavy atom. The van der Waals surface area contributed by atoms with Crippen LogP contribution in [0.3, 0.4) is 0 Å². The van der Waals surface area contributed by atoms with Gasteiger partial charge in [-0.25, -0.2) is 9.78 Å². The number of amides is 2. The lowest BCUT2D eigenvalue weighted by atomic mass is 10.1. The summed E-state index contributed by atoms with van der Waals surface area (Å²) in [7, 11) is 0. The van der Waals surface area contributed by atoms with Crippen molar-refractivity contribution in [1.29, 1.82) is 0 Å². The molecule has 0 unspecified atom stereocenters. The Hall–Kier alpha value is -3.81. The van der Waals surface area contributed by atoms with Crippen molar-refractivity contribution in [2.45, 2.75) is 6.54 Å². The summed E-state index contributed by atoms with van der Waals surface area (Å²) in [4.78, 5) is 31.2. The number of pyridine rings is 1. The lowest BCUT2D eigenvalue weighted by molar-refractivity contribution is -0.120. The zero-order valence-electron chi connectivity index (χ0n) is 15.6. The molecule has 0 radical (unpaired) electrons. The molecule has 8 nitrogen and oxygen atoms in total. The molecule has 3 heterocycles. The highest BCUT2D eigenvalue weighted by Crippen LogP contribution is 2.32. The number of piperazine rings is 1. The minimum absolute atomic E-state index is 0.191. The van der Waals surface area contributed by atoms with Gasteiger partial charge in [-0.1, -0.05) is 30.3 Å². The van der Waals surface area contributed by atoms with Gasteiger partial charge in [0, 0.05) is 30.8 Å². The Bertz CT molecular complexity index is 1000. The first kappa shape index (κ1) is 18.5. The van der Waals surface area contributed by atoms with E-state index in [1.807, 2.05) is 42.5 Å². The molecule has 2 aromatic heterocycles. The van der Waals surface area contributed by atoms with Crippen molar-refractivity contribution in [1.82, 2.24) is 9.88 Å². The highest BCUT2D eigenvalue weighted by Gasteiger charge is 2.30. The number of nitrogens with zero attached hydrogens (tertiary/aromatic N) is 3. The van der Waals surface area contributed by atoms with Gasteiger partial charge in [-0.15, -0.1) is 0 Å². The predicted octanol–water partition coefficient (Wildman–Crippen LogP) is 3.28. The molecule has 2 N–H and O–H groups in total. The van der Waals surface area contributed by atoms with Gasteiger partial charge in [-0.2, -0.15) is 0 Å². The summed E-state index contributed by atoms with van der Waals surface area (Å²) >= 11 is 0. The van der Waals surface area contributed by atoms with Crippen molar-refractivity contribution < 1.29 is 19.1 Å². The second kappa shape index (κ2) is 8.05. The van der Waals surface area contributed by atoms with Crippen molar-refractivity contribution in [3.05, 3.63) is 66.6 Å². The van der Waals surface area contributed by atoms with Gasteiger partial charge in [-0.05, 0) is 23.8 Å². The van der Waals surface area contributed by atoms with Gasteiger partial charge in [0.25, 0.3) is 0 Å². The average molecular weight is 392 g/mol. The van der Waals surface area contributed by atoms with Gasteiger partial charge in [0.1, 0.15) is 18.2 Å². The molecule has 1 fully saturated rings. The van der Waals surface area contributed by atoms with Crippen LogP contribution < -0.4 is 10.2 Å². The number of benzene rings is 1. The minimum atomic E-state index is -1.10. The number of hydrogen-bond acceptors (Lipinski definition) is 5. The number of rotatable bonds is 5. The first-order chi connectivity index (χ1) is 14.1. The number of carbonyl (C=O) groups excluding carboxylic acids is 1. The lowest BCUT2D eigenvalue weighted by Gasteiger charge is -2.33. The summed E-state index contributed by atoms with van der Waals surface area (Å²) in [5.41, 5.74) is 2.66. The van der Waals surface area contributed by atoms with E-state index in [1.54, 1.807) is 18.6 Å². The maximum atomic E-state index is 12.7. The Labute approximate surface area is 167 Å². The molecule has 0 aliphatic carbocycles. The second-order valence-corrected chi connectivity index (χ2v) is 6.67. The topological polar surface area (TPSA) is 98.9 Å². The molecule has 4 rings (SSSR count). The lowest BCUT2D eigenvalue weighted by Crippen LogP contribution is -2.52. The third-order valence-corrected chi connectivity index (χ3v) is 4.77. The van der Waals surface area contributed by atoms with Crippen molar-refractivity contribution >= 4 is 23.6 Å². The Morgan fingerprint density at radius 2 is 1.97 bits per heavy atom. The summed E-state index contributed by atoms with van der Waals surface area (Å²) in [5, 5.41) is 12.4. The predicted molar refractivity (Wildman–Crippen MR) is 108 cm³/mol. The maximum absolute atomic E-state index is 12.7. The van der Waals surface area contributed by atoms with E-state index in [1.165, 1.54) is 4.90 Å². The number of hydrogen-bond donors (Lipinski definition) is 2. The molecule has 0 bridgehead atoms. The largest absolute Gasteiger partial charge is 0.472 e. The summed E-state index contributed by atoms with van der Waals surface area (Å²) in [6.45, 7) is 0.878. The fourth-order valence-electron chi connectivity index (χ4n) is 3.24. The van der Waals surface area contributed by atoms with Gasteiger partial charge >= 0.3 is 6.09 Å². The number of carboxylic acid groups (broad SMARTS) is 1. The van der Waals surface area contributed by atoms with Crippen LogP contribution in [0.1, 0.15) is 5.56 Å². The molecule has 2 amide bonds. The molecule has 0 atom stereocenters. The zero-order chi connectivity index (χ0) is 20.2. The minimum Gasteiger partial charge on any atom is -0.472 e. The van der Waals surface area contributed by atoms with Crippen LogP contribution in [0, 0.1) is 0 Å². The number of aromatic nitrogens is 1. The molecule has 0 saturated carbocycles. The number of furan rings is 1. The van der Waals surface area contributed by atoms with E-state index in [0.717, 1.165) is 21.6 Å². The Morgan fingerprint density at radius 3 is 2.66 bits per heavy atom. The smallest absolute Gasteiger partial charge is 0.407 e. The van der Waals surface area contributed by atoms with Crippen LogP contribution in [0.2, 0.25) is 0 Å². The Balaban J connectivity index is 1.62. The molecule has 3 aromatic rings. The van der Waals surface area contributed by atoms with E-state index < -0.39 is 6.09 Å². The molecule has 1 aliphatic rings. The first-order valence-corrected chi connectivity index (χ1v) is 9.21. The number of anilines is 2. The van der Waals surface area contributed by atoms with E-state index in [0.29, 0.717) is 18.2 Å². The number of carbonyl (C=O) groups is 2. The fourth-order valence-corrected chi connectivity index (χ4v) is 3.24. The summed E-state index contributed by atoms with van der Waals surface area (Å²) in [5.74, 6) is 0.806. The quantitative estimate of drug-likeness (QED) is 0.691. The second-order valence-electron chi connectivity index (χ2n) is 6.67. The van der Waals surface area contributed by atoms with Crippen LogP contribution in [-0.2, 0) is 11.3 Å². The van der Waals surface area contributed by atoms with E-state index in [9.17, 15) is 9.59 Å². The summed E-state index contributed by atoms with van der Waals surface area (Å²) in [6, 6.07) is 15.5. The Kier molecular flexibility index (Phi) is 5.15. The van der Waals surface area contributed by atoms with Crippen molar-refractivity contribution in [3.63, 3.8) is 0 Å². The summed E-state index contributed by atoms with van der Waals surface area (Å²) < 4.78 is 5.19. The van der Waals surface area contributed by atoms with Crippen molar-refractivity contribution in [2.24, 2.45) is 0 Å². The normalized spacial score (nSPS) is 14.1. The van der Waals surface area contributed by atoms with Crippen LogP contribution in [0.5, 0.6) is 0 Å². The van der Waals surface area contributed by atoms with Gasteiger partial charge < -0.3 is 14.8 Å². The van der Waals surface area contributed by atoms with E-state index >= 15 is 0 Å². The van der Waals surface area contributed by atoms with Crippen molar-refractivity contribution in [3.8, 4) is 11.1 Å². The monoisotopic (exact) mass is 392 g/mol. The maximum Gasteiger partial charge on any atom is 0.407 e. The van der Waals surface area contributed by atoms with Crippen LogP contribution in [-0.4, -0.2) is 46.6 Å².